The van der Waals surface area contributed by atoms with Crippen molar-refractivity contribution >= 4 is 18.3 Å². The first-order valence-electron chi connectivity index (χ1n) is 9.55. The van der Waals surface area contributed by atoms with Crippen molar-refractivity contribution in [2.45, 2.75) is 43.7 Å². The van der Waals surface area contributed by atoms with Gasteiger partial charge in [-0.1, -0.05) is 48.5 Å². The van der Waals surface area contributed by atoms with Crippen LogP contribution in [0, 0.1) is 0 Å². The Kier molecular flexibility index (Phi) is 7.46. The van der Waals surface area contributed by atoms with Gasteiger partial charge in [0.1, 0.15) is 0 Å². The lowest BCUT2D eigenvalue weighted by Gasteiger charge is -2.47. The Hall–Kier alpha value is -1.84. The summed E-state index contributed by atoms with van der Waals surface area (Å²) >= 11 is 0. The van der Waals surface area contributed by atoms with Gasteiger partial charge in [0.2, 0.25) is 0 Å². The molecule has 2 aromatic rings. The molecule has 0 spiro atoms. The van der Waals surface area contributed by atoms with Crippen LogP contribution in [0.1, 0.15) is 41.6 Å². The van der Waals surface area contributed by atoms with Gasteiger partial charge in [-0.15, -0.1) is 12.4 Å². The zero-order chi connectivity index (χ0) is 18.6. The maximum Gasteiger partial charge on any atom is 0.253 e. The van der Waals surface area contributed by atoms with Crippen LogP contribution >= 0.6 is 12.4 Å². The maximum absolute atomic E-state index is 12.7. The van der Waals surface area contributed by atoms with E-state index in [4.69, 9.17) is 0 Å². The monoisotopic (exact) mass is 386 g/mol. The molecule has 146 valence electrons. The van der Waals surface area contributed by atoms with Crippen LogP contribution in [0.4, 0.5) is 0 Å². The Balaban J connectivity index is 0.00000261. The van der Waals surface area contributed by atoms with E-state index < -0.39 is 0 Å². The van der Waals surface area contributed by atoms with Gasteiger partial charge in [0.05, 0.1) is 0 Å². The van der Waals surface area contributed by atoms with E-state index in [9.17, 15) is 4.79 Å². The Labute approximate surface area is 169 Å². The second kappa shape index (κ2) is 9.38. The van der Waals surface area contributed by atoms with Gasteiger partial charge in [-0.3, -0.25) is 4.79 Å². The molecule has 0 saturated heterocycles. The summed E-state index contributed by atoms with van der Waals surface area (Å²) in [7, 11) is 6.35. The molecule has 27 heavy (non-hydrogen) atoms. The van der Waals surface area contributed by atoms with Crippen LogP contribution in [-0.4, -0.2) is 48.4 Å². The number of carbonyl (C=O) groups is 1. The highest BCUT2D eigenvalue weighted by molar-refractivity contribution is 5.94. The normalized spacial score (nSPS) is 22.1. The van der Waals surface area contributed by atoms with E-state index in [1.54, 1.807) is 0 Å². The summed E-state index contributed by atoms with van der Waals surface area (Å²) in [5.41, 5.74) is 2.37. The van der Waals surface area contributed by atoms with Crippen LogP contribution in [0.25, 0.3) is 0 Å². The fourth-order valence-corrected chi connectivity index (χ4v) is 4.24. The third-order valence-electron chi connectivity index (χ3n) is 6.10. The van der Waals surface area contributed by atoms with Gasteiger partial charge in [0, 0.05) is 24.2 Å². The van der Waals surface area contributed by atoms with E-state index in [1.165, 1.54) is 5.56 Å². The molecule has 0 atom stereocenters. The summed E-state index contributed by atoms with van der Waals surface area (Å²) in [6.45, 7) is 0. The van der Waals surface area contributed by atoms with Crippen molar-refractivity contribution in [2.75, 3.05) is 21.1 Å². The van der Waals surface area contributed by atoms with Gasteiger partial charge < -0.3 is 9.80 Å². The predicted molar refractivity (Wildman–Crippen MR) is 115 cm³/mol. The molecule has 0 N–H and O–H groups in total. The minimum Gasteiger partial charge on any atom is -0.339 e. The molecule has 0 aromatic heterocycles. The lowest BCUT2D eigenvalue weighted by Crippen LogP contribution is -2.52. The first kappa shape index (κ1) is 21.5. The second-order valence-corrected chi connectivity index (χ2v) is 7.79. The number of benzene rings is 2. The highest BCUT2D eigenvalue weighted by atomic mass is 35.5. The zero-order valence-corrected chi connectivity index (χ0v) is 17.4. The lowest BCUT2D eigenvalue weighted by molar-refractivity contribution is 0.0469. The summed E-state index contributed by atoms with van der Waals surface area (Å²) in [4.78, 5) is 17.1. The molecule has 1 saturated carbocycles. The summed E-state index contributed by atoms with van der Waals surface area (Å²) in [6.07, 6.45) is 5.42. The quantitative estimate of drug-likeness (QED) is 0.745. The van der Waals surface area contributed by atoms with Crippen molar-refractivity contribution in [1.29, 1.82) is 0 Å². The summed E-state index contributed by atoms with van der Waals surface area (Å²) < 4.78 is 0. The summed E-state index contributed by atoms with van der Waals surface area (Å²) in [6, 6.07) is 20.7. The lowest BCUT2D eigenvalue weighted by atomic mass is 9.74. The topological polar surface area (TPSA) is 23.6 Å². The van der Waals surface area contributed by atoms with Crippen molar-refractivity contribution in [2.24, 2.45) is 0 Å². The van der Waals surface area contributed by atoms with E-state index in [1.807, 2.05) is 42.3 Å². The summed E-state index contributed by atoms with van der Waals surface area (Å²) in [5, 5.41) is 0. The molecule has 4 heteroatoms. The Morgan fingerprint density at radius 1 is 0.926 bits per heavy atom. The molecule has 0 heterocycles. The van der Waals surface area contributed by atoms with Gasteiger partial charge in [0.25, 0.3) is 5.91 Å². The molecular formula is C23H31ClN2O. The first-order valence-corrected chi connectivity index (χ1v) is 9.55. The number of hydrogen-bond acceptors (Lipinski definition) is 2. The fraction of sp³-hybridized carbons (Fsp3) is 0.435. The standard InChI is InChI=1S/C23H30N2O.ClH/c1-24(2)23(18-19-10-6-4-7-11-19)16-14-21(15-17-23)25(3)22(26)20-12-8-5-9-13-20;/h4-13,21H,14-18H2,1-3H3;1H. The molecule has 0 bridgehead atoms. The van der Waals surface area contributed by atoms with E-state index in [0.717, 1.165) is 37.7 Å². The molecule has 1 aliphatic carbocycles. The van der Waals surface area contributed by atoms with Crippen LogP contribution in [-0.2, 0) is 6.42 Å². The van der Waals surface area contributed by atoms with Crippen molar-refractivity contribution in [3.05, 3.63) is 71.8 Å². The number of likely N-dealkylation sites (N-methyl/N-ethyl adjacent to an activating group) is 1. The van der Waals surface area contributed by atoms with Gasteiger partial charge in [-0.25, -0.2) is 0 Å². The van der Waals surface area contributed by atoms with Crippen molar-refractivity contribution < 1.29 is 4.79 Å². The third-order valence-corrected chi connectivity index (χ3v) is 6.10. The summed E-state index contributed by atoms with van der Waals surface area (Å²) in [5.74, 6) is 0.135. The molecule has 0 radical (unpaired) electrons. The second-order valence-electron chi connectivity index (χ2n) is 7.79. The van der Waals surface area contributed by atoms with Gasteiger partial charge in [-0.2, -0.15) is 0 Å². The Bertz CT molecular complexity index is 710. The zero-order valence-electron chi connectivity index (χ0n) is 16.6. The highest BCUT2D eigenvalue weighted by Crippen LogP contribution is 2.37. The number of hydrogen-bond donors (Lipinski definition) is 0. The number of halogens is 1. The Morgan fingerprint density at radius 2 is 1.44 bits per heavy atom. The molecule has 0 unspecified atom stereocenters. The molecule has 2 aromatic carbocycles. The van der Waals surface area contributed by atoms with Crippen LogP contribution in [0.3, 0.4) is 0 Å². The van der Waals surface area contributed by atoms with E-state index in [-0.39, 0.29) is 23.9 Å². The van der Waals surface area contributed by atoms with E-state index >= 15 is 0 Å². The SMILES string of the molecule is CN(C(=O)c1ccccc1)C1CCC(Cc2ccccc2)(N(C)C)CC1.Cl. The van der Waals surface area contributed by atoms with Crippen molar-refractivity contribution in [3.8, 4) is 0 Å². The Morgan fingerprint density at radius 3 is 1.96 bits per heavy atom. The fourth-order valence-electron chi connectivity index (χ4n) is 4.24. The number of amides is 1. The van der Waals surface area contributed by atoms with Gasteiger partial charge in [-0.05, 0) is 63.9 Å². The van der Waals surface area contributed by atoms with Crippen LogP contribution in [0.2, 0.25) is 0 Å². The first-order chi connectivity index (χ1) is 12.5. The molecule has 1 amide bonds. The van der Waals surface area contributed by atoms with E-state index in [2.05, 4.69) is 49.3 Å². The smallest absolute Gasteiger partial charge is 0.253 e. The van der Waals surface area contributed by atoms with Crippen LogP contribution in [0.15, 0.2) is 60.7 Å². The predicted octanol–water partition coefficient (Wildman–Crippen LogP) is 4.67. The number of nitrogens with zero attached hydrogens (tertiary/aromatic N) is 2. The third kappa shape index (κ3) is 4.91. The molecule has 3 nitrogen and oxygen atoms in total. The molecule has 1 fully saturated rings. The van der Waals surface area contributed by atoms with Crippen LogP contribution in [0.5, 0.6) is 0 Å². The van der Waals surface area contributed by atoms with Crippen molar-refractivity contribution in [3.63, 3.8) is 0 Å². The molecule has 0 aliphatic heterocycles. The number of carbonyl (C=O) groups excluding carboxylic acids is 1. The number of rotatable bonds is 5. The average molecular weight is 387 g/mol. The minimum absolute atomic E-state index is 0. The molecule has 1 aliphatic rings. The van der Waals surface area contributed by atoms with Gasteiger partial charge in [0.15, 0.2) is 0 Å². The maximum atomic E-state index is 12.7. The molecule has 3 rings (SSSR count). The average Bonchev–Trinajstić information content (AvgIpc) is 2.69. The molecular weight excluding hydrogens is 356 g/mol. The van der Waals surface area contributed by atoms with Crippen LogP contribution < -0.4 is 0 Å². The van der Waals surface area contributed by atoms with Crippen molar-refractivity contribution in [1.82, 2.24) is 9.80 Å². The van der Waals surface area contributed by atoms with E-state index in [0.29, 0.717) is 6.04 Å². The highest BCUT2D eigenvalue weighted by Gasteiger charge is 2.39. The minimum atomic E-state index is 0. The largest absolute Gasteiger partial charge is 0.339 e. The van der Waals surface area contributed by atoms with Gasteiger partial charge >= 0.3 is 0 Å².